The zero-order chi connectivity index (χ0) is 14.7. The van der Waals surface area contributed by atoms with Gasteiger partial charge in [-0.15, -0.1) is 0 Å². The summed E-state index contributed by atoms with van der Waals surface area (Å²) in [5, 5.41) is 0. The number of thioether (sulfide) groups is 1. The normalized spacial score (nSPS) is 24.7. The molecule has 4 nitrogen and oxygen atoms in total. The molecule has 0 radical (unpaired) electrons. The van der Waals surface area contributed by atoms with Gasteiger partial charge in [-0.3, -0.25) is 0 Å². The molecule has 0 aliphatic carbocycles. The number of esters is 1. The Morgan fingerprint density at radius 2 is 2.19 bits per heavy atom. The van der Waals surface area contributed by atoms with Gasteiger partial charge in [-0.25, -0.2) is 4.79 Å². The van der Waals surface area contributed by atoms with Gasteiger partial charge >= 0.3 is 5.97 Å². The summed E-state index contributed by atoms with van der Waals surface area (Å²) in [6.45, 7) is 0.680. The van der Waals surface area contributed by atoms with Crippen LogP contribution in [0.2, 0.25) is 0 Å². The lowest BCUT2D eigenvalue weighted by Crippen LogP contribution is -2.45. The van der Waals surface area contributed by atoms with Gasteiger partial charge in [-0.05, 0) is 42.5 Å². The number of carbonyl (C=O) groups excluding carboxylic acids is 1. The van der Waals surface area contributed by atoms with Crippen LogP contribution in [-0.2, 0) is 9.47 Å². The molecular formula is C16H21NO3S. The quantitative estimate of drug-likeness (QED) is 0.672. The van der Waals surface area contributed by atoms with Crippen LogP contribution in [0, 0.1) is 0 Å². The summed E-state index contributed by atoms with van der Waals surface area (Å²) in [4.78, 5) is 12.2. The molecular weight excluding hydrogens is 286 g/mol. The van der Waals surface area contributed by atoms with E-state index in [0.717, 1.165) is 37.2 Å². The van der Waals surface area contributed by atoms with Crippen LogP contribution in [0.25, 0.3) is 0 Å². The number of hydrogen-bond donors (Lipinski definition) is 1. The molecule has 1 spiro atoms. The monoisotopic (exact) mass is 307 g/mol. The Balaban J connectivity index is 1.63. The summed E-state index contributed by atoms with van der Waals surface area (Å²) < 4.78 is 11.7. The van der Waals surface area contributed by atoms with Gasteiger partial charge in [0.25, 0.3) is 0 Å². The van der Waals surface area contributed by atoms with Crippen LogP contribution in [0.5, 0.6) is 0 Å². The molecule has 0 saturated carbocycles. The van der Waals surface area contributed by atoms with Crippen LogP contribution in [0.3, 0.4) is 0 Å². The van der Waals surface area contributed by atoms with E-state index in [2.05, 4.69) is 0 Å². The molecule has 0 aromatic heterocycles. The molecule has 5 heteroatoms. The summed E-state index contributed by atoms with van der Waals surface area (Å²) in [5.74, 6) is 1.99. The van der Waals surface area contributed by atoms with Crippen molar-refractivity contribution in [3.63, 3.8) is 0 Å². The average molecular weight is 307 g/mol. The third-order valence-electron chi connectivity index (χ3n) is 4.25. The fourth-order valence-electron chi connectivity index (χ4n) is 3.06. The number of benzene rings is 1. The predicted octanol–water partition coefficient (Wildman–Crippen LogP) is 2.87. The van der Waals surface area contributed by atoms with Crippen LogP contribution < -0.4 is 5.73 Å². The standard InChI is InChI=1S/C16H21NO3S/c17-13-3-1-2-12(10-13)15(18)20-14-4-7-19-16(11-14)5-8-21-9-6-16/h1-3,10,14H,4-9,11,17H2. The number of nitrogen functional groups attached to an aromatic ring is 1. The number of nitrogens with two attached hydrogens (primary N) is 1. The molecule has 0 bridgehead atoms. The third kappa shape index (κ3) is 3.52. The Labute approximate surface area is 129 Å². The van der Waals surface area contributed by atoms with Crippen LogP contribution in [0.1, 0.15) is 36.0 Å². The number of anilines is 1. The van der Waals surface area contributed by atoms with Crippen molar-refractivity contribution in [3.8, 4) is 0 Å². The topological polar surface area (TPSA) is 61.6 Å². The van der Waals surface area contributed by atoms with Gasteiger partial charge in [-0.1, -0.05) is 6.07 Å². The van der Waals surface area contributed by atoms with E-state index in [1.54, 1.807) is 24.3 Å². The molecule has 3 rings (SSSR count). The highest BCUT2D eigenvalue weighted by atomic mass is 32.2. The lowest BCUT2D eigenvalue weighted by Gasteiger charge is -2.42. The van der Waals surface area contributed by atoms with E-state index in [4.69, 9.17) is 15.2 Å². The van der Waals surface area contributed by atoms with Crippen molar-refractivity contribution in [1.82, 2.24) is 0 Å². The first-order chi connectivity index (χ1) is 10.2. The second-order valence-corrected chi connectivity index (χ2v) is 7.01. The van der Waals surface area contributed by atoms with Crippen LogP contribution >= 0.6 is 11.8 Å². The summed E-state index contributed by atoms with van der Waals surface area (Å²) in [6, 6.07) is 6.94. The van der Waals surface area contributed by atoms with Crippen molar-refractivity contribution in [1.29, 1.82) is 0 Å². The second kappa shape index (κ2) is 6.28. The summed E-state index contributed by atoms with van der Waals surface area (Å²) >= 11 is 1.97. The van der Waals surface area contributed by atoms with Gasteiger partial charge < -0.3 is 15.2 Å². The molecule has 2 fully saturated rings. The van der Waals surface area contributed by atoms with Gasteiger partial charge in [-0.2, -0.15) is 11.8 Å². The second-order valence-electron chi connectivity index (χ2n) is 5.79. The Kier molecular flexibility index (Phi) is 4.40. The minimum Gasteiger partial charge on any atom is -0.459 e. The zero-order valence-electron chi connectivity index (χ0n) is 12.0. The first kappa shape index (κ1) is 14.7. The molecule has 2 aliphatic heterocycles. The molecule has 1 atom stereocenters. The SMILES string of the molecule is Nc1cccc(C(=O)OC2CCOC3(CCSCC3)C2)c1. The molecule has 21 heavy (non-hydrogen) atoms. The Morgan fingerprint density at radius 1 is 1.38 bits per heavy atom. The number of rotatable bonds is 2. The van der Waals surface area contributed by atoms with Gasteiger partial charge in [0.15, 0.2) is 0 Å². The Morgan fingerprint density at radius 3 is 2.95 bits per heavy atom. The average Bonchev–Trinajstić information content (AvgIpc) is 2.48. The summed E-state index contributed by atoms with van der Waals surface area (Å²) in [5.41, 5.74) is 6.75. The van der Waals surface area contributed by atoms with E-state index in [1.165, 1.54) is 0 Å². The lowest BCUT2D eigenvalue weighted by molar-refractivity contribution is -0.124. The fourth-order valence-corrected chi connectivity index (χ4v) is 4.30. The highest BCUT2D eigenvalue weighted by Gasteiger charge is 2.40. The lowest BCUT2D eigenvalue weighted by atomic mass is 9.86. The van der Waals surface area contributed by atoms with Gasteiger partial charge in [0.1, 0.15) is 6.10 Å². The van der Waals surface area contributed by atoms with E-state index in [1.807, 2.05) is 11.8 Å². The molecule has 2 saturated heterocycles. The minimum absolute atomic E-state index is 0.0456. The molecule has 2 heterocycles. The van der Waals surface area contributed by atoms with Gasteiger partial charge in [0.05, 0.1) is 17.8 Å². The maximum Gasteiger partial charge on any atom is 0.338 e. The number of ether oxygens (including phenoxy) is 2. The Hall–Kier alpha value is -1.20. The molecule has 1 unspecified atom stereocenters. The van der Waals surface area contributed by atoms with Crippen molar-refractivity contribution in [2.24, 2.45) is 0 Å². The summed E-state index contributed by atoms with van der Waals surface area (Å²) in [6.07, 6.45) is 3.68. The predicted molar refractivity (Wildman–Crippen MR) is 84.5 cm³/mol. The third-order valence-corrected chi connectivity index (χ3v) is 5.23. The van der Waals surface area contributed by atoms with E-state index < -0.39 is 0 Å². The Bertz CT molecular complexity index is 508. The first-order valence-corrected chi connectivity index (χ1v) is 8.61. The number of carbonyl (C=O) groups is 1. The van der Waals surface area contributed by atoms with Crippen molar-refractivity contribution >= 4 is 23.4 Å². The number of hydrogen-bond acceptors (Lipinski definition) is 5. The maximum absolute atomic E-state index is 12.2. The molecule has 2 aliphatic rings. The van der Waals surface area contributed by atoms with E-state index >= 15 is 0 Å². The maximum atomic E-state index is 12.2. The fraction of sp³-hybridized carbons (Fsp3) is 0.562. The minimum atomic E-state index is -0.283. The molecule has 1 aromatic rings. The van der Waals surface area contributed by atoms with Gasteiger partial charge in [0.2, 0.25) is 0 Å². The van der Waals surface area contributed by atoms with E-state index in [0.29, 0.717) is 17.9 Å². The molecule has 114 valence electrons. The molecule has 1 aromatic carbocycles. The highest BCUT2D eigenvalue weighted by molar-refractivity contribution is 7.99. The highest BCUT2D eigenvalue weighted by Crippen LogP contribution is 2.38. The molecule has 2 N–H and O–H groups in total. The largest absolute Gasteiger partial charge is 0.459 e. The van der Waals surface area contributed by atoms with Crippen molar-refractivity contribution in [2.75, 3.05) is 23.8 Å². The van der Waals surface area contributed by atoms with Crippen LogP contribution in [0.4, 0.5) is 5.69 Å². The first-order valence-electron chi connectivity index (χ1n) is 7.45. The smallest absolute Gasteiger partial charge is 0.338 e. The van der Waals surface area contributed by atoms with Crippen molar-refractivity contribution in [2.45, 2.75) is 37.4 Å². The zero-order valence-corrected chi connectivity index (χ0v) is 12.9. The van der Waals surface area contributed by atoms with Crippen LogP contribution in [-0.4, -0.2) is 35.8 Å². The van der Waals surface area contributed by atoms with Crippen LogP contribution in [0.15, 0.2) is 24.3 Å². The van der Waals surface area contributed by atoms with E-state index in [9.17, 15) is 4.79 Å². The van der Waals surface area contributed by atoms with Crippen molar-refractivity contribution < 1.29 is 14.3 Å². The van der Waals surface area contributed by atoms with Gasteiger partial charge in [0, 0.05) is 18.5 Å². The van der Waals surface area contributed by atoms with Crippen molar-refractivity contribution in [3.05, 3.63) is 29.8 Å². The summed E-state index contributed by atoms with van der Waals surface area (Å²) in [7, 11) is 0. The molecule has 0 amide bonds. The van der Waals surface area contributed by atoms with E-state index in [-0.39, 0.29) is 17.7 Å².